The summed E-state index contributed by atoms with van der Waals surface area (Å²) in [5.41, 5.74) is 2.01. The molecular formula is C18H17N3O2. The number of amides is 1. The number of carbonyl (C=O) groups is 2. The van der Waals surface area contributed by atoms with Crippen molar-refractivity contribution in [1.29, 1.82) is 0 Å². The first kappa shape index (κ1) is 14.1. The lowest BCUT2D eigenvalue weighted by atomic mass is 10.2. The third kappa shape index (κ3) is 2.24. The van der Waals surface area contributed by atoms with Gasteiger partial charge in [0.05, 0.1) is 11.7 Å². The van der Waals surface area contributed by atoms with Crippen LogP contribution in [0.2, 0.25) is 0 Å². The number of benzene rings is 1. The first-order chi connectivity index (χ1) is 11.3. The number of aromatic nitrogens is 1. The number of nitrogens with zero attached hydrogens (tertiary/aromatic N) is 3. The number of para-hydroxylation sites is 1. The summed E-state index contributed by atoms with van der Waals surface area (Å²) in [7, 11) is 0. The van der Waals surface area contributed by atoms with Gasteiger partial charge in [-0.25, -0.2) is 4.98 Å². The maximum absolute atomic E-state index is 12.9. The number of carbonyl (C=O) groups excluding carboxylic acids is 2. The number of hydrogen-bond acceptors (Lipinski definition) is 4. The molecule has 0 radical (unpaired) electrons. The standard InChI is InChI=1S/C18H17N3O2/c22-12-13-6-4-9-15(19-13)17-20-11-5-10-16(20)18(23)21(17)14-7-2-1-3-8-14/h1-4,6-9,12,16-17H,5,10-11H2/t16-,17+/m0/s1. The van der Waals surface area contributed by atoms with Gasteiger partial charge in [-0.05, 0) is 37.1 Å². The summed E-state index contributed by atoms with van der Waals surface area (Å²) in [5, 5.41) is 0. The van der Waals surface area contributed by atoms with E-state index in [-0.39, 0.29) is 18.1 Å². The van der Waals surface area contributed by atoms with Crippen LogP contribution in [0.25, 0.3) is 0 Å². The minimum absolute atomic E-state index is 0.0816. The monoisotopic (exact) mass is 307 g/mol. The van der Waals surface area contributed by atoms with Gasteiger partial charge in [-0.2, -0.15) is 0 Å². The fraction of sp³-hybridized carbons (Fsp3) is 0.278. The van der Waals surface area contributed by atoms with Crippen molar-refractivity contribution in [2.24, 2.45) is 0 Å². The SMILES string of the molecule is O=Cc1cccc([C@H]2N(c3ccccc3)C(=O)[C@@H]3CCCN32)n1. The van der Waals surface area contributed by atoms with Gasteiger partial charge < -0.3 is 0 Å². The number of fused-ring (bicyclic) bond motifs is 1. The van der Waals surface area contributed by atoms with Crippen LogP contribution in [0.1, 0.15) is 35.2 Å². The van der Waals surface area contributed by atoms with Crippen LogP contribution in [0.5, 0.6) is 0 Å². The predicted molar refractivity (Wildman–Crippen MR) is 86.0 cm³/mol. The van der Waals surface area contributed by atoms with E-state index in [0.717, 1.165) is 37.1 Å². The van der Waals surface area contributed by atoms with E-state index in [0.29, 0.717) is 5.69 Å². The summed E-state index contributed by atoms with van der Waals surface area (Å²) in [5.74, 6) is 0.122. The summed E-state index contributed by atoms with van der Waals surface area (Å²) in [6, 6.07) is 15.0. The second-order valence-electron chi connectivity index (χ2n) is 5.92. The van der Waals surface area contributed by atoms with Crippen molar-refractivity contribution < 1.29 is 9.59 Å². The third-order valence-electron chi connectivity index (χ3n) is 4.59. The summed E-state index contributed by atoms with van der Waals surface area (Å²) >= 11 is 0. The van der Waals surface area contributed by atoms with Crippen LogP contribution >= 0.6 is 0 Å². The zero-order valence-electron chi connectivity index (χ0n) is 12.6. The minimum atomic E-state index is -0.239. The summed E-state index contributed by atoms with van der Waals surface area (Å²) < 4.78 is 0. The van der Waals surface area contributed by atoms with Crippen molar-refractivity contribution in [3.05, 3.63) is 59.9 Å². The molecule has 5 heteroatoms. The molecule has 3 heterocycles. The molecule has 2 aliphatic rings. The molecule has 0 spiro atoms. The second-order valence-corrected chi connectivity index (χ2v) is 5.92. The highest BCUT2D eigenvalue weighted by Crippen LogP contribution is 2.41. The van der Waals surface area contributed by atoms with Crippen LogP contribution in [0.4, 0.5) is 5.69 Å². The minimum Gasteiger partial charge on any atom is -0.296 e. The molecule has 2 aliphatic heterocycles. The Bertz CT molecular complexity index is 747. The summed E-state index contributed by atoms with van der Waals surface area (Å²) in [6.45, 7) is 0.872. The van der Waals surface area contributed by atoms with Crippen molar-refractivity contribution in [3.8, 4) is 0 Å². The number of aldehydes is 1. The average molecular weight is 307 g/mol. The van der Waals surface area contributed by atoms with Gasteiger partial charge in [-0.1, -0.05) is 24.3 Å². The summed E-state index contributed by atoms with van der Waals surface area (Å²) in [4.78, 5) is 32.4. The van der Waals surface area contributed by atoms with Gasteiger partial charge >= 0.3 is 0 Å². The van der Waals surface area contributed by atoms with Crippen molar-refractivity contribution in [1.82, 2.24) is 9.88 Å². The van der Waals surface area contributed by atoms with E-state index < -0.39 is 0 Å². The van der Waals surface area contributed by atoms with E-state index in [1.165, 1.54) is 0 Å². The van der Waals surface area contributed by atoms with Gasteiger partial charge in [-0.3, -0.25) is 19.4 Å². The molecule has 0 saturated carbocycles. The third-order valence-corrected chi connectivity index (χ3v) is 4.59. The lowest BCUT2D eigenvalue weighted by molar-refractivity contribution is -0.119. The topological polar surface area (TPSA) is 53.5 Å². The Morgan fingerprint density at radius 2 is 1.91 bits per heavy atom. The zero-order chi connectivity index (χ0) is 15.8. The van der Waals surface area contributed by atoms with Crippen molar-refractivity contribution >= 4 is 17.9 Å². The first-order valence-corrected chi connectivity index (χ1v) is 7.85. The Morgan fingerprint density at radius 1 is 1.09 bits per heavy atom. The highest BCUT2D eigenvalue weighted by atomic mass is 16.2. The average Bonchev–Trinajstić information content (AvgIpc) is 3.18. The highest BCUT2D eigenvalue weighted by molar-refractivity contribution is 6.00. The van der Waals surface area contributed by atoms with Crippen molar-refractivity contribution in [2.75, 3.05) is 11.4 Å². The van der Waals surface area contributed by atoms with E-state index in [1.54, 1.807) is 6.07 Å². The Kier molecular flexibility index (Phi) is 3.42. The number of hydrogen-bond donors (Lipinski definition) is 0. The fourth-order valence-electron chi connectivity index (χ4n) is 3.61. The number of pyridine rings is 1. The van der Waals surface area contributed by atoms with Gasteiger partial charge in [0.15, 0.2) is 6.29 Å². The molecule has 2 aromatic rings. The van der Waals surface area contributed by atoms with Gasteiger partial charge in [0.1, 0.15) is 11.9 Å². The quantitative estimate of drug-likeness (QED) is 0.817. The largest absolute Gasteiger partial charge is 0.296 e. The Hall–Kier alpha value is -2.53. The van der Waals surface area contributed by atoms with Crippen LogP contribution < -0.4 is 4.90 Å². The molecule has 1 amide bonds. The van der Waals surface area contributed by atoms with Crippen LogP contribution in [0.3, 0.4) is 0 Å². The molecule has 4 rings (SSSR count). The molecule has 1 aromatic heterocycles. The fourth-order valence-corrected chi connectivity index (χ4v) is 3.61. The maximum atomic E-state index is 12.9. The van der Waals surface area contributed by atoms with Crippen LogP contribution in [-0.4, -0.2) is 34.7 Å². The number of rotatable bonds is 3. The lowest BCUT2D eigenvalue weighted by Crippen LogP contribution is -2.33. The molecule has 0 N–H and O–H groups in total. The van der Waals surface area contributed by atoms with E-state index in [1.807, 2.05) is 47.4 Å². The van der Waals surface area contributed by atoms with Gasteiger partial charge in [0, 0.05) is 12.2 Å². The molecule has 0 unspecified atom stereocenters. The molecule has 23 heavy (non-hydrogen) atoms. The van der Waals surface area contributed by atoms with Gasteiger partial charge in [0.25, 0.3) is 0 Å². The van der Waals surface area contributed by atoms with E-state index >= 15 is 0 Å². The van der Waals surface area contributed by atoms with Crippen LogP contribution in [-0.2, 0) is 4.79 Å². The Balaban J connectivity index is 1.82. The molecule has 0 aliphatic carbocycles. The predicted octanol–water partition coefficient (Wildman–Crippen LogP) is 2.40. The molecule has 2 saturated heterocycles. The first-order valence-electron chi connectivity index (χ1n) is 7.85. The van der Waals surface area contributed by atoms with Crippen molar-refractivity contribution in [2.45, 2.75) is 25.0 Å². The van der Waals surface area contributed by atoms with Gasteiger partial charge in [-0.15, -0.1) is 0 Å². The normalized spacial score (nSPS) is 24.0. The maximum Gasteiger partial charge on any atom is 0.246 e. The van der Waals surface area contributed by atoms with Crippen molar-refractivity contribution in [3.63, 3.8) is 0 Å². The molecule has 116 valence electrons. The molecule has 2 fully saturated rings. The van der Waals surface area contributed by atoms with E-state index in [4.69, 9.17) is 0 Å². The van der Waals surface area contributed by atoms with E-state index in [2.05, 4.69) is 9.88 Å². The zero-order valence-corrected chi connectivity index (χ0v) is 12.6. The van der Waals surface area contributed by atoms with E-state index in [9.17, 15) is 9.59 Å². The summed E-state index contributed by atoms with van der Waals surface area (Å²) in [6.07, 6.45) is 2.40. The Morgan fingerprint density at radius 3 is 2.70 bits per heavy atom. The molecule has 0 bridgehead atoms. The van der Waals surface area contributed by atoms with Crippen LogP contribution in [0.15, 0.2) is 48.5 Å². The molecule has 5 nitrogen and oxygen atoms in total. The molecule has 1 aromatic carbocycles. The van der Waals surface area contributed by atoms with Gasteiger partial charge in [0.2, 0.25) is 5.91 Å². The number of anilines is 1. The highest BCUT2D eigenvalue weighted by Gasteiger charge is 2.49. The molecule has 2 atom stereocenters. The lowest BCUT2D eigenvalue weighted by Gasteiger charge is -2.29. The molecular weight excluding hydrogens is 290 g/mol. The van der Waals surface area contributed by atoms with Crippen LogP contribution in [0, 0.1) is 0 Å². The second kappa shape index (κ2) is 5.59. The Labute approximate surface area is 134 Å². The smallest absolute Gasteiger partial charge is 0.246 e.